The van der Waals surface area contributed by atoms with Crippen molar-refractivity contribution in [2.24, 2.45) is 7.05 Å². The number of nitrogens with zero attached hydrogens (tertiary/aromatic N) is 2. The summed E-state index contributed by atoms with van der Waals surface area (Å²) in [5, 5.41) is 18.7. The van der Waals surface area contributed by atoms with Crippen molar-refractivity contribution in [3.05, 3.63) is 77.7 Å². The quantitative estimate of drug-likeness (QED) is 0.493. The Labute approximate surface area is 145 Å². The van der Waals surface area contributed by atoms with E-state index in [1.807, 2.05) is 42.3 Å². The Morgan fingerprint density at radius 1 is 1.12 bits per heavy atom. The molecule has 0 saturated carbocycles. The number of rotatable bonds is 4. The van der Waals surface area contributed by atoms with Crippen LogP contribution in [0.2, 0.25) is 0 Å². The number of aryl methyl sites for hydroxylation is 2. The van der Waals surface area contributed by atoms with Crippen LogP contribution in [0.5, 0.6) is 5.75 Å². The Morgan fingerprint density at radius 3 is 2.60 bits per heavy atom. The molecular formula is C20H20N4O. The molecule has 0 radical (unpaired) electrons. The first-order valence-electron chi connectivity index (χ1n) is 8.23. The van der Waals surface area contributed by atoms with E-state index in [0.29, 0.717) is 0 Å². The molecule has 25 heavy (non-hydrogen) atoms. The van der Waals surface area contributed by atoms with Gasteiger partial charge >= 0.3 is 0 Å². The van der Waals surface area contributed by atoms with Crippen molar-refractivity contribution in [2.75, 3.05) is 5.32 Å². The molecular weight excluding hydrogens is 312 g/mol. The molecule has 0 aliphatic rings. The summed E-state index contributed by atoms with van der Waals surface area (Å²) in [6.07, 6.45) is 3.92. The molecule has 0 spiro atoms. The van der Waals surface area contributed by atoms with Gasteiger partial charge in [0.05, 0.1) is 12.2 Å². The summed E-state index contributed by atoms with van der Waals surface area (Å²) in [5.74, 6) is 0.256. The maximum Gasteiger partial charge on any atom is 0.115 e. The van der Waals surface area contributed by atoms with Gasteiger partial charge in [-0.25, -0.2) is 0 Å². The number of benzene rings is 2. The van der Waals surface area contributed by atoms with Crippen molar-refractivity contribution in [3.63, 3.8) is 0 Å². The molecule has 1 unspecified atom stereocenters. The Hall–Kier alpha value is -3.21. The van der Waals surface area contributed by atoms with E-state index >= 15 is 0 Å². The molecule has 0 aliphatic heterocycles. The van der Waals surface area contributed by atoms with Crippen LogP contribution in [0.3, 0.4) is 0 Å². The third-order valence-corrected chi connectivity index (χ3v) is 4.47. The van der Waals surface area contributed by atoms with Gasteiger partial charge < -0.3 is 15.4 Å². The smallest absolute Gasteiger partial charge is 0.115 e. The van der Waals surface area contributed by atoms with Crippen LogP contribution in [-0.4, -0.2) is 19.9 Å². The average Bonchev–Trinajstić information content (AvgIpc) is 3.17. The van der Waals surface area contributed by atoms with Crippen LogP contribution >= 0.6 is 0 Å². The van der Waals surface area contributed by atoms with E-state index in [9.17, 15) is 5.11 Å². The van der Waals surface area contributed by atoms with Crippen LogP contribution in [-0.2, 0) is 7.05 Å². The summed E-state index contributed by atoms with van der Waals surface area (Å²) in [5.41, 5.74) is 5.48. The molecule has 1 atom stereocenters. The minimum absolute atomic E-state index is 0.0469. The Balaban J connectivity index is 1.84. The van der Waals surface area contributed by atoms with Gasteiger partial charge in [0.2, 0.25) is 0 Å². The van der Waals surface area contributed by atoms with E-state index in [0.717, 1.165) is 22.5 Å². The number of hydrogen-bond donors (Lipinski definition) is 3. The number of aromatic amines is 1. The summed E-state index contributed by atoms with van der Waals surface area (Å²) in [7, 11) is 1.92. The summed E-state index contributed by atoms with van der Waals surface area (Å²) in [6, 6.07) is 15.4. The highest BCUT2D eigenvalue weighted by molar-refractivity contribution is 5.86. The molecule has 0 amide bonds. The maximum atomic E-state index is 9.53. The Kier molecular flexibility index (Phi) is 3.69. The molecule has 126 valence electrons. The minimum atomic E-state index is -0.0469. The minimum Gasteiger partial charge on any atom is -0.508 e. The Morgan fingerprint density at radius 2 is 1.88 bits per heavy atom. The monoisotopic (exact) mass is 332 g/mol. The second-order valence-corrected chi connectivity index (χ2v) is 6.28. The molecule has 2 aromatic heterocycles. The molecule has 0 aliphatic carbocycles. The summed E-state index contributed by atoms with van der Waals surface area (Å²) < 4.78 is 1.81. The fourth-order valence-corrected chi connectivity index (χ4v) is 3.31. The van der Waals surface area contributed by atoms with Crippen molar-refractivity contribution in [2.45, 2.75) is 13.0 Å². The van der Waals surface area contributed by atoms with Crippen LogP contribution in [0.1, 0.15) is 22.9 Å². The van der Waals surface area contributed by atoms with Gasteiger partial charge in [-0.2, -0.15) is 5.10 Å². The highest BCUT2D eigenvalue weighted by Crippen LogP contribution is 2.34. The lowest BCUT2D eigenvalue weighted by Crippen LogP contribution is -2.12. The van der Waals surface area contributed by atoms with Gasteiger partial charge in [-0.15, -0.1) is 0 Å². The van der Waals surface area contributed by atoms with Crippen molar-refractivity contribution < 1.29 is 5.11 Å². The molecule has 4 aromatic rings. The summed E-state index contributed by atoms with van der Waals surface area (Å²) >= 11 is 0. The zero-order valence-electron chi connectivity index (χ0n) is 14.2. The Bertz CT molecular complexity index is 1010. The second-order valence-electron chi connectivity index (χ2n) is 6.28. The first kappa shape index (κ1) is 15.3. The molecule has 0 bridgehead atoms. The van der Waals surface area contributed by atoms with E-state index in [-0.39, 0.29) is 11.8 Å². The average molecular weight is 332 g/mol. The molecule has 2 aromatic carbocycles. The van der Waals surface area contributed by atoms with Crippen LogP contribution in [0.4, 0.5) is 5.69 Å². The van der Waals surface area contributed by atoms with Crippen LogP contribution < -0.4 is 5.32 Å². The van der Waals surface area contributed by atoms with E-state index in [1.165, 1.54) is 10.9 Å². The fourth-order valence-electron chi connectivity index (χ4n) is 3.31. The lowest BCUT2D eigenvalue weighted by atomic mass is 9.98. The van der Waals surface area contributed by atoms with Crippen molar-refractivity contribution >= 4 is 16.6 Å². The zero-order chi connectivity index (χ0) is 17.4. The van der Waals surface area contributed by atoms with Gasteiger partial charge in [-0.1, -0.05) is 18.2 Å². The van der Waals surface area contributed by atoms with Crippen molar-refractivity contribution in [1.29, 1.82) is 0 Å². The second kappa shape index (κ2) is 6.02. The molecule has 5 nitrogen and oxygen atoms in total. The lowest BCUT2D eigenvalue weighted by molar-refractivity contribution is 0.475. The molecule has 4 rings (SSSR count). The van der Waals surface area contributed by atoms with Gasteiger partial charge in [-0.3, -0.25) is 4.68 Å². The van der Waals surface area contributed by atoms with E-state index in [1.54, 1.807) is 12.1 Å². The number of aromatic hydroxyl groups is 1. The topological polar surface area (TPSA) is 65.9 Å². The molecule has 0 saturated heterocycles. The van der Waals surface area contributed by atoms with Gasteiger partial charge in [0.15, 0.2) is 0 Å². The molecule has 3 N–H and O–H groups in total. The summed E-state index contributed by atoms with van der Waals surface area (Å²) in [6.45, 7) is 2.09. The van der Waals surface area contributed by atoms with Crippen molar-refractivity contribution in [3.8, 4) is 5.75 Å². The number of phenols is 1. The first-order chi connectivity index (χ1) is 12.1. The molecule has 0 fully saturated rings. The number of fused-ring (bicyclic) bond motifs is 1. The zero-order valence-corrected chi connectivity index (χ0v) is 14.2. The van der Waals surface area contributed by atoms with E-state index < -0.39 is 0 Å². The first-order valence-corrected chi connectivity index (χ1v) is 8.23. The predicted octanol–water partition coefficient (Wildman–Crippen LogP) is 4.12. The van der Waals surface area contributed by atoms with E-state index in [2.05, 4.69) is 40.5 Å². The van der Waals surface area contributed by atoms with E-state index in [4.69, 9.17) is 0 Å². The SMILES string of the molecule is Cc1[nH]c2ccccc2c1C(Nc1ccc(O)cc1)c1cnn(C)c1. The van der Waals surface area contributed by atoms with Crippen LogP contribution in [0.15, 0.2) is 60.9 Å². The van der Waals surface area contributed by atoms with Crippen molar-refractivity contribution in [1.82, 2.24) is 14.8 Å². The standard InChI is InChI=1S/C20H20N4O/c1-13-19(17-5-3-4-6-18(17)22-13)20(14-11-21-24(2)12-14)23-15-7-9-16(25)10-8-15/h3-12,20,22-23,25H,1-2H3. The van der Waals surface area contributed by atoms with Crippen LogP contribution in [0, 0.1) is 6.92 Å². The number of hydrogen-bond acceptors (Lipinski definition) is 3. The highest BCUT2D eigenvalue weighted by atomic mass is 16.3. The van der Waals surface area contributed by atoms with Gasteiger partial charge in [0, 0.05) is 46.7 Å². The molecule has 2 heterocycles. The maximum absolute atomic E-state index is 9.53. The number of anilines is 1. The number of nitrogens with one attached hydrogen (secondary N) is 2. The van der Waals surface area contributed by atoms with Gasteiger partial charge in [0.25, 0.3) is 0 Å². The predicted molar refractivity (Wildman–Crippen MR) is 99.8 cm³/mol. The number of H-pyrrole nitrogens is 1. The fraction of sp³-hybridized carbons (Fsp3) is 0.150. The third kappa shape index (κ3) is 2.85. The normalized spacial score (nSPS) is 12.4. The van der Waals surface area contributed by atoms with Gasteiger partial charge in [0.1, 0.15) is 5.75 Å². The number of phenolic OH excluding ortho intramolecular Hbond substituents is 1. The third-order valence-electron chi connectivity index (χ3n) is 4.47. The van der Waals surface area contributed by atoms with Gasteiger partial charge in [-0.05, 0) is 37.3 Å². The highest BCUT2D eigenvalue weighted by Gasteiger charge is 2.22. The lowest BCUT2D eigenvalue weighted by Gasteiger charge is -2.20. The number of aromatic nitrogens is 3. The molecule has 5 heteroatoms. The number of para-hydroxylation sites is 1. The van der Waals surface area contributed by atoms with Crippen LogP contribution in [0.25, 0.3) is 10.9 Å². The summed E-state index contributed by atoms with van der Waals surface area (Å²) in [4.78, 5) is 3.47. The largest absolute Gasteiger partial charge is 0.508 e.